The van der Waals surface area contributed by atoms with Gasteiger partial charge in [0.15, 0.2) is 4.77 Å². The second kappa shape index (κ2) is 7.13. The molecule has 114 valence electrons. The molecule has 6 heteroatoms. The fourth-order valence-corrected chi connectivity index (χ4v) is 2.50. The standard InChI is InChI=1S/C16H13ClN2OS.BrH/c1-20-14-8-6-13(7-9-14)19-10-15(18-16(19)21)11-2-4-12(17)5-3-11;/h2-10H,1H3,(H,18,21);1H/p-1. The zero-order chi connectivity index (χ0) is 14.8. The van der Waals surface area contributed by atoms with E-state index in [1.807, 2.05) is 59.3 Å². The quantitative estimate of drug-likeness (QED) is 0.685. The Kier molecular flexibility index (Phi) is 5.45. The largest absolute Gasteiger partial charge is 1.00 e. The van der Waals surface area contributed by atoms with Gasteiger partial charge in [-0.15, -0.1) is 0 Å². The highest BCUT2D eigenvalue weighted by Gasteiger charge is 2.05. The number of methoxy groups -OCH3 is 1. The summed E-state index contributed by atoms with van der Waals surface area (Å²) in [6.45, 7) is 0. The van der Waals surface area contributed by atoms with Gasteiger partial charge in [-0.05, 0) is 54.2 Å². The van der Waals surface area contributed by atoms with E-state index in [0.29, 0.717) is 9.79 Å². The maximum absolute atomic E-state index is 5.91. The predicted molar refractivity (Wildman–Crippen MR) is 88.0 cm³/mol. The van der Waals surface area contributed by atoms with Gasteiger partial charge in [0.25, 0.3) is 0 Å². The molecule has 0 unspecified atom stereocenters. The SMILES string of the molecule is COc1ccc(-n2cc(-c3ccc(Cl)cc3)[nH]c2=S)cc1.[Br-]. The molecule has 0 bridgehead atoms. The molecule has 0 aliphatic heterocycles. The van der Waals surface area contributed by atoms with Gasteiger partial charge >= 0.3 is 0 Å². The van der Waals surface area contributed by atoms with Crippen molar-refractivity contribution >= 4 is 23.8 Å². The summed E-state index contributed by atoms with van der Waals surface area (Å²) in [5.41, 5.74) is 2.97. The van der Waals surface area contributed by atoms with Crippen LogP contribution in [0.2, 0.25) is 5.02 Å². The van der Waals surface area contributed by atoms with Gasteiger partial charge < -0.3 is 26.7 Å². The Bertz CT molecular complexity index is 809. The van der Waals surface area contributed by atoms with E-state index >= 15 is 0 Å². The number of hydrogen-bond donors (Lipinski definition) is 1. The third-order valence-electron chi connectivity index (χ3n) is 3.22. The molecule has 3 aromatic rings. The molecule has 0 atom stereocenters. The molecule has 3 rings (SSSR count). The number of aromatic amines is 1. The van der Waals surface area contributed by atoms with Crippen molar-refractivity contribution in [3.63, 3.8) is 0 Å². The lowest BCUT2D eigenvalue weighted by molar-refractivity contribution is -0.00000436. The summed E-state index contributed by atoms with van der Waals surface area (Å²) in [4.78, 5) is 3.21. The van der Waals surface area contributed by atoms with E-state index in [1.54, 1.807) is 7.11 Å². The number of benzene rings is 2. The summed E-state index contributed by atoms with van der Waals surface area (Å²) in [5, 5.41) is 0.715. The van der Waals surface area contributed by atoms with Gasteiger partial charge in [-0.25, -0.2) is 0 Å². The first-order chi connectivity index (χ1) is 10.2. The maximum atomic E-state index is 5.91. The molecule has 22 heavy (non-hydrogen) atoms. The van der Waals surface area contributed by atoms with E-state index < -0.39 is 0 Å². The normalized spacial score (nSPS) is 10.1. The fourth-order valence-electron chi connectivity index (χ4n) is 2.11. The van der Waals surface area contributed by atoms with Gasteiger partial charge in [0.2, 0.25) is 0 Å². The van der Waals surface area contributed by atoms with Crippen molar-refractivity contribution in [2.45, 2.75) is 0 Å². The molecular formula is C16H13BrClN2OS-. The molecular weight excluding hydrogens is 384 g/mol. The van der Waals surface area contributed by atoms with Crippen LogP contribution in [-0.4, -0.2) is 16.7 Å². The van der Waals surface area contributed by atoms with Crippen molar-refractivity contribution in [3.05, 3.63) is 64.5 Å². The Labute approximate surface area is 149 Å². The zero-order valence-electron chi connectivity index (χ0n) is 11.7. The fraction of sp³-hybridized carbons (Fsp3) is 0.0625. The van der Waals surface area contributed by atoms with Crippen molar-refractivity contribution in [1.82, 2.24) is 9.55 Å². The second-order valence-corrected chi connectivity index (χ2v) is 5.37. The summed E-state index contributed by atoms with van der Waals surface area (Å²) in [7, 11) is 1.65. The first-order valence-corrected chi connectivity index (χ1v) is 7.18. The number of nitrogens with zero attached hydrogens (tertiary/aromatic N) is 1. The van der Waals surface area contributed by atoms with Crippen LogP contribution in [0.3, 0.4) is 0 Å². The van der Waals surface area contributed by atoms with Crippen LogP contribution in [0.1, 0.15) is 0 Å². The Morgan fingerprint density at radius 1 is 1.05 bits per heavy atom. The van der Waals surface area contributed by atoms with Crippen molar-refractivity contribution < 1.29 is 21.7 Å². The van der Waals surface area contributed by atoms with Gasteiger partial charge in [-0.1, -0.05) is 23.7 Å². The number of rotatable bonds is 3. The van der Waals surface area contributed by atoms with Crippen LogP contribution in [0.4, 0.5) is 0 Å². The average Bonchev–Trinajstić information content (AvgIpc) is 2.90. The Morgan fingerprint density at radius 3 is 2.27 bits per heavy atom. The molecule has 0 spiro atoms. The lowest BCUT2D eigenvalue weighted by atomic mass is 10.2. The monoisotopic (exact) mass is 395 g/mol. The van der Waals surface area contributed by atoms with E-state index in [1.165, 1.54) is 0 Å². The number of aromatic nitrogens is 2. The van der Waals surface area contributed by atoms with Gasteiger partial charge in [-0.2, -0.15) is 0 Å². The van der Waals surface area contributed by atoms with Gasteiger partial charge in [-0.3, -0.25) is 4.57 Å². The highest BCUT2D eigenvalue weighted by Crippen LogP contribution is 2.22. The molecule has 0 saturated carbocycles. The summed E-state index contributed by atoms with van der Waals surface area (Å²) in [6, 6.07) is 15.4. The number of H-pyrrole nitrogens is 1. The van der Waals surface area contributed by atoms with Crippen molar-refractivity contribution in [1.29, 1.82) is 0 Å². The minimum atomic E-state index is 0. The number of hydrogen-bond acceptors (Lipinski definition) is 2. The third-order valence-corrected chi connectivity index (χ3v) is 3.78. The van der Waals surface area contributed by atoms with Crippen molar-refractivity contribution in [2.24, 2.45) is 0 Å². The predicted octanol–water partition coefficient (Wildman–Crippen LogP) is 1.87. The van der Waals surface area contributed by atoms with Crippen LogP contribution in [0.15, 0.2) is 54.7 Å². The molecule has 0 fully saturated rings. The third kappa shape index (κ3) is 3.43. The lowest BCUT2D eigenvalue weighted by Gasteiger charge is -2.03. The van der Waals surface area contributed by atoms with Crippen LogP contribution in [0.25, 0.3) is 16.9 Å². The number of halogens is 2. The van der Waals surface area contributed by atoms with E-state index in [0.717, 1.165) is 22.7 Å². The second-order valence-electron chi connectivity index (χ2n) is 4.55. The van der Waals surface area contributed by atoms with Gasteiger partial charge in [0, 0.05) is 16.9 Å². The summed E-state index contributed by atoms with van der Waals surface area (Å²) >= 11 is 11.3. The van der Waals surface area contributed by atoms with Crippen LogP contribution in [0.5, 0.6) is 5.75 Å². The molecule has 1 N–H and O–H groups in total. The van der Waals surface area contributed by atoms with Crippen LogP contribution in [0, 0.1) is 4.77 Å². The van der Waals surface area contributed by atoms with Gasteiger partial charge in [0.1, 0.15) is 5.75 Å². The Balaban J connectivity index is 0.00000176. The zero-order valence-corrected chi connectivity index (χ0v) is 14.9. The van der Waals surface area contributed by atoms with Crippen molar-refractivity contribution in [3.8, 4) is 22.7 Å². The molecule has 0 aliphatic carbocycles. The maximum Gasteiger partial charge on any atom is 0.182 e. The number of ether oxygens (including phenoxy) is 1. The van der Waals surface area contributed by atoms with Crippen LogP contribution < -0.4 is 21.7 Å². The first kappa shape index (κ1) is 16.8. The van der Waals surface area contributed by atoms with Crippen LogP contribution >= 0.6 is 23.8 Å². The molecule has 0 aliphatic rings. The summed E-state index contributed by atoms with van der Waals surface area (Å²) < 4.78 is 7.74. The molecule has 1 aromatic heterocycles. The minimum Gasteiger partial charge on any atom is -1.00 e. The highest BCUT2D eigenvalue weighted by atomic mass is 79.9. The van der Waals surface area contributed by atoms with E-state index in [2.05, 4.69) is 4.98 Å². The molecule has 3 nitrogen and oxygen atoms in total. The Morgan fingerprint density at radius 2 is 1.68 bits per heavy atom. The Hall–Kier alpha value is -1.56. The minimum absolute atomic E-state index is 0. The van der Waals surface area contributed by atoms with Gasteiger partial charge in [0.05, 0.1) is 12.8 Å². The number of nitrogens with one attached hydrogen (secondary N) is 1. The smallest absolute Gasteiger partial charge is 0.182 e. The molecule has 0 radical (unpaired) electrons. The summed E-state index contributed by atoms with van der Waals surface area (Å²) in [6.07, 6.45) is 1.98. The summed E-state index contributed by atoms with van der Waals surface area (Å²) in [5.74, 6) is 0.818. The van der Waals surface area contributed by atoms with E-state index in [-0.39, 0.29) is 17.0 Å². The van der Waals surface area contributed by atoms with E-state index in [4.69, 9.17) is 28.6 Å². The first-order valence-electron chi connectivity index (χ1n) is 6.39. The molecule has 0 saturated heterocycles. The van der Waals surface area contributed by atoms with E-state index in [9.17, 15) is 0 Å². The van der Waals surface area contributed by atoms with Crippen molar-refractivity contribution in [2.75, 3.05) is 7.11 Å². The average molecular weight is 397 g/mol. The topological polar surface area (TPSA) is 29.9 Å². The molecule has 2 aromatic carbocycles. The lowest BCUT2D eigenvalue weighted by Crippen LogP contribution is -3.00. The van der Waals surface area contributed by atoms with Crippen LogP contribution in [-0.2, 0) is 0 Å². The molecule has 0 amide bonds. The number of imidazole rings is 1. The highest BCUT2D eigenvalue weighted by molar-refractivity contribution is 7.71. The molecule has 1 heterocycles.